The highest BCUT2D eigenvalue weighted by Gasteiger charge is 2.16. The molecule has 7 heteroatoms. The van der Waals surface area contributed by atoms with E-state index in [1.54, 1.807) is 12.1 Å². The fourth-order valence-corrected chi connectivity index (χ4v) is 1.79. The molecule has 0 spiro atoms. The number of aryl methyl sites for hydroxylation is 1. The number of methoxy groups -OCH3 is 1. The maximum Gasteiger partial charge on any atom is 0.323 e. The van der Waals surface area contributed by atoms with Crippen LogP contribution >= 0.6 is 15.9 Å². The number of halogens is 1. The Bertz CT molecular complexity index is 493. The molecule has 0 aliphatic carbocycles. The van der Waals surface area contributed by atoms with Crippen molar-refractivity contribution in [3.63, 3.8) is 0 Å². The number of anilines is 1. The van der Waals surface area contributed by atoms with Crippen LogP contribution in [0.25, 0.3) is 0 Å². The Morgan fingerprint density at radius 3 is 2.70 bits per heavy atom. The molecule has 0 aromatic heterocycles. The summed E-state index contributed by atoms with van der Waals surface area (Å²) in [5.41, 5.74) is 1.59. The third kappa shape index (κ3) is 5.18. The lowest BCUT2D eigenvalue weighted by Crippen LogP contribution is -2.40. The minimum Gasteiger partial charge on any atom is -0.480 e. The first-order valence-corrected chi connectivity index (χ1v) is 6.76. The van der Waals surface area contributed by atoms with Crippen LogP contribution in [0.2, 0.25) is 0 Å². The van der Waals surface area contributed by atoms with E-state index in [2.05, 4.69) is 21.2 Å². The molecule has 0 aliphatic heterocycles. The number of hydrogen-bond donors (Lipinski definition) is 2. The number of aliphatic carboxylic acids is 1. The van der Waals surface area contributed by atoms with Crippen molar-refractivity contribution in [2.24, 2.45) is 0 Å². The molecule has 0 bridgehead atoms. The number of ether oxygens (including phenoxy) is 1. The lowest BCUT2D eigenvalue weighted by molar-refractivity contribution is -0.137. The van der Waals surface area contributed by atoms with Gasteiger partial charge in [0.1, 0.15) is 6.54 Å². The molecule has 20 heavy (non-hydrogen) atoms. The van der Waals surface area contributed by atoms with Crippen LogP contribution < -0.4 is 5.32 Å². The first kappa shape index (κ1) is 16.5. The summed E-state index contributed by atoms with van der Waals surface area (Å²) in [4.78, 5) is 24.0. The number of carboxylic acids is 1. The van der Waals surface area contributed by atoms with Gasteiger partial charge in [-0.1, -0.05) is 15.9 Å². The topological polar surface area (TPSA) is 78.9 Å². The maximum absolute atomic E-state index is 12.0. The van der Waals surface area contributed by atoms with Crippen molar-refractivity contribution in [3.05, 3.63) is 28.2 Å². The molecule has 110 valence electrons. The Labute approximate surface area is 125 Å². The predicted octanol–water partition coefficient (Wildman–Crippen LogP) is 2.32. The number of amides is 2. The zero-order valence-corrected chi connectivity index (χ0v) is 12.9. The van der Waals surface area contributed by atoms with E-state index in [0.717, 1.165) is 10.0 Å². The molecular formula is C13H17BrN2O4. The second-order valence-corrected chi connectivity index (χ2v) is 5.06. The van der Waals surface area contributed by atoms with E-state index in [9.17, 15) is 9.59 Å². The van der Waals surface area contributed by atoms with Crippen molar-refractivity contribution in [3.8, 4) is 0 Å². The van der Waals surface area contributed by atoms with Crippen molar-refractivity contribution in [1.29, 1.82) is 0 Å². The second-order valence-electron chi connectivity index (χ2n) is 4.20. The summed E-state index contributed by atoms with van der Waals surface area (Å²) < 4.78 is 5.81. The number of carboxylic acid groups (broad SMARTS) is 1. The highest BCUT2D eigenvalue weighted by Crippen LogP contribution is 2.20. The number of benzene rings is 1. The van der Waals surface area contributed by atoms with Crippen LogP contribution in [-0.2, 0) is 9.53 Å². The molecule has 2 amide bonds. The molecule has 0 radical (unpaired) electrons. The second kappa shape index (κ2) is 7.86. The zero-order chi connectivity index (χ0) is 15.1. The molecule has 1 rings (SSSR count). The fraction of sp³-hybridized carbons (Fsp3) is 0.385. The van der Waals surface area contributed by atoms with Gasteiger partial charge in [-0.2, -0.15) is 0 Å². The Kier molecular flexibility index (Phi) is 6.47. The van der Waals surface area contributed by atoms with Crippen molar-refractivity contribution in [1.82, 2.24) is 4.90 Å². The number of hydrogen-bond acceptors (Lipinski definition) is 3. The SMILES string of the molecule is COCCN(CC(=O)O)C(=O)Nc1ccc(Br)c(C)c1. The van der Waals surface area contributed by atoms with E-state index in [0.29, 0.717) is 5.69 Å². The average Bonchev–Trinajstić information content (AvgIpc) is 2.38. The fourth-order valence-electron chi connectivity index (χ4n) is 1.54. The number of nitrogens with zero attached hydrogens (tertiary/aromatic N) is 1. The van der Waals surface area contributed by atoms with Gasteiger partial charge in [0.2, 0.25) is 0 Å². The lowest BCUT2D eigenvalue weighted by Gasteiger charge is -2.21. The average molecular weight is 345 g/mol. The number of nitrogens with one attached hydrogen (secondary N) is 1. The molecule has 0 saturated heterocycles. The van der Waals surface area contributed by atoms with Crippen molar-refractivity contribution in [2.45, 2.75) is 6.92 Å². The van der Waals surface area contributed by atoms with Gasteiger partial charge in [0, 0.05) is 23.8 Å². The first-order chi connectivity index (χ1) is 9.43. The smallest absolute Gasteiger partial charge is 0.323 e. The van der Waals surface area contributed by atoms with Gasteiger partial charge < -0.3 is 20.1 Å². The largest absolute Gasteiger partial charge is 0.480 e. The summed E-state index contributed by atoms with van der Waals surface area (Å²) in [6, 6.07) is 4.90. The van der Waals surface area contributed by atoms with Gasteiger partial charge in [0.25, 0.3) is 0 Å². The third-order valence-electron chi connectivity index (χ3n) is 2.59. The molecule has 0 atom stereocenters. The van der Waals surface area contributed by atoms with Crippen LogP contribution in [0, 0.1) is 6.92 Å². The molecule has 0 heterocycles. The number of urea groups is 1. The quantitative estimate of drug-likeness (QED) is 0.829. The number of carbonyl (C=O) groups is 2. The van der Waals surface area contributed by atoms with Crippen LogP contribution in [0.15, 0.2) is 22.7 Å². The summed E-state index contributed by atoms with van der Waals surface area (Å²) in [7, 11) is 1.49. The Morgan fingerprint density at radius 2 is 2.15 bits per heavy atom. The van der Waals surface area contributed by atoms with E-state index >= 15 is 0 Å². The molecule has 6 nitrogen and oxygen atoms in total. The summed E-state index contributed by atoms with van der Waals surface area (Å²) >= 11 is 3.37. The van der Waals surface area contributed by atoms with Crippen LogP contribution in [0.5, 0.6) is 0 Å². The number of rotatable bonds is 6. The molecule has 0 aliphatic rings. The lowest BCUT2D eigenvalue weighted by atomic mass is 10.2. The first-order valence-electron chi connectivity index (χ1n) is 5.97. The standard InChI is InChI=1S/C13H17BrN2O4/c1-9-7-10(3-4-11(9)14)15-13(19)16(5-6-20-2)8-12(17)18/h3-4,7H,5-6,8H2,1-2H3,(H,15,19)(H,17,18). The van der Waals surface area contributed by atoms with Gasteiger partial charge in [0.05, 0.1) is 6.61 Å². The summed E-state index contributed by atoms with van der Waals surface area (Å²) in [6.07, 6.45) is 0. The van der Waals surface area contributed by atoms with Crippen LogP contribution in [0.3, 0.4) is 0 Å². The number of carbonyl (C=O) groups excluding carboxylic acids is 1. The van der Waals surface area contributed by atoms with Crippen molar-refractivity contribution >= 4 is 33.6 Å². The van der Waals surface area contributed by atoms with E-state index in [4.69, 9.17) is 9.84 Å². The van der Waals surface area contributed by atoms with Gasteiger partial charge in [-0.15, -0.1) is 0 Å². The molecule has 0 fully saturated rings. The van der Waals surface area contributed by atoms with Gasteiger partial charge in [-0.25, -0.2) is 4.79 Å². The van der Waals surface area contributed by atoms with Gasteiger partial charge in [-0.05, 0) is 30.7 Å². The van der Waals surface area contributed by atoms with Crippen LogP contribution in [0.1, 0.15) is 5.56 Å². The predicted molar refractivity (Wildman–Crippen MR) is 79.0 cm³/mol. The minimum absolute atomic E-state index is 0.212. The summed E-state index contributed by atoms with van der Waals surface area (Å²) in [5, 5.41) is 11.5. The molecule has 1 aromatic rings. The monoisotopic (exact) mass is 344 g/mol. The Balaban J connectivity index is 2.73. The highest BCUT2D eigenvalue weighted by atomic mass is 79.9. The van der Waals surface area contributed by atoms with Crippen molar-refractivity contribution in [2.75, 3.05) is 32.1 Å². The molecule has 1 aromatic carbocycles. The van der Waals surface area contributed by atoms with E-state index in [-0.39, 0.29) is 19.7 Å². The third-order valence-corrected chi connectivity index (χ3v) is 3.48. The van der Waals surface area contributed by atoms with Gasteiger partial charge in [-0.3, -0.25) is 4.79 Å². The highest BCUT2D eigenvalue weighted by molar-refractivity contribution is 9.10. The summed E-state index contributed by atoms with van der Waals surface area (Å²) in [6.45, 7) is 2.02. The molecule has 2 N–H and O–H groups in total. The van der Waals surface area contributed by atoms with E-state index in [1.807, 2.05) is 13.0 Å². The minimum atomic E-state index is -1.07. The normalized spacial score (nSPS) is 10.2. The molecule has 0 saturated carbocycles. The van der Waals surface area contributed by atoms with Crippen LogP contribution in [-0.4, -0.2) is 48.8 Å². The van der Waals surface area contributed by atoms with Gasteiger partial charge in [0.15, 0.2) is 0 Å². The van der Waals surface area contributed by atoms with E-state index in [1.165, 1.54) is 12.0 Å². The van der Waals surface area contributed by atoms with Gasteiger partial charge >= 0.3 is 12.0 Å². The zero-order valence-electron chi connectivity index (χ0n) is 11.4. The Morgan fingerprint density at radius 1 is 1.45 bits per heavy atom. The molecule has 0 unspecified atom stereocenters. The molecular weight excluding hydrogens is 328 g/mol. The van der Waals surface area contributed by atoms with E-state index < -0.39 is 12.0 Å². The summed E-state index contributed by atoms with van der Waals surface area (Å²) in [5.74, 6) is -1.07. The maximum atomic E-state index is 12.0. The van der Waals surface area contributed by atoms with Crippen molar-refractivity contribution < 1.29 is 19.4 Å². The Hall–Kier alpha value is -1.60. The van der Waals surface area contributed by atoms with Crippen LogP contribution in [0.4, 0.5) is 10.5 Å².